The number of amides is 2. The maximum Gasteiger partial charge on any atom is 0.322 e. The summed E-state index contributed by atoms with van der Waals surface area (Å²) < 4.78 is 10.6. The van der Waals surface area contributed by atoms with E-state index in [1.165, 1.54) is 16.8 Å². The SMILES string of the molecule is CCc1cccc(CC)c1N1CCN(C(=O)Nc2ccc(OC)cc2OC)CC1. The van der Waals surface area contributed by atoms with Gasteiger partial charge in [0.05, 0.1) is 19.9 Å². The second kappa shape index (κ2) is 9.54. The van der Waals surface area contributed by atoms with E-state index < -0.39 is 0 Å². The van der Waals surface area contributed by atoms with Crippen LogP contribution in [0.2, 0.25) is 0 Å². The number of para-hydroxylation sites is 1. The minimum Gasteiger partial charge on any atom is -0.497 e. The number of methoxy groups -OCH3 is 2. The number of nitrogens with zero attached hydrogens (tertiary/aromatic N) is 2. The number of aryl methyl sites for hydroxylation is 2. The third kappa shape index (κ3) is 4.58. The summed E-state index contributed by atoms with van der Waals surface area (Å²) in [4.78, 5) is 17.1. The molecule has 0 saturated carbocycles. The van der Waals surface area contributed by atoms with Crippen LogP contribution in [-0.2, 0) is 12.8 Å². The van der Waals surface area contributed by atoms with Gasteiger partial charge in [-0.2, -0.15) is 0 Å². The first kappa shape index (κ1) is 20.8. The minimum atomic E-state index is -0.104. The zero-order valence-corrected chi connectivity index (χ0v) is 17.8. The van der Waals surface area contributed by atoms with Crippen molar-refractivity contribution in [3.63, 3.8) is 0 Å². The number of benzene rings is 2. The molecular formula is C23H31N3O3. The van der Waals surface area contributed by atoms with E-state index in [2.05, 4.69) is 42.3 Å². The average Bonchev–Trinajstić information content (AvgIpc) is 2.78. The molecule has 0 spiro atoms. The standard InChI is InChI=1S/C23H31N3O3/c1-5-17-8-7-9-18(6-2)22(17)25-12-14-26(15-13-25)23(27)24-20-11-10-19(28-3)16-21(20)29-4/h7-11,16H,5-6,12-15H2,1-4H3,(H,24,27). The zero-order chi connectivity index (χ0) is 20.8. The predicted octanol–water partition coefficient (Wildman–Crippen LogP) is 4.18. The Morgan fingerprint density at radius 1 is 0.966 bits per heavy atom. The molecule has 2 aromatic rings. The van der Waals surface area contributed by atoms with E-state index in [-0.39, 0.29) is 6.03 Å². The number of anilines is 2. The summed E-state index contributed by atoms with van der Waals surface area (Å²) >= 11 is 0. The second-order valence-corrected chi connectivity index (χ2v) is 7.10. The van der Waals surface area contributed by atoms with Gasteiger partial charge in [0.2, 0.25) is 0 Å². The van der Waals surface area contributed by atoms with Crippen LogP contribution in [-0.4, -0.2) is 51.3 Å². The van der Waals surface area contributed by atoms with E-state index in [9.17, 15) is 4.79 Å². The van der Waals surface area contributed by atoms with Gasteiger partial charge in [-0.3, -0.25) is 0 Å². The van der Waals surface area contributed by atoms with Gasteiger partial charge in [0.1, 0.15) is 11.5 Å². The number of ether oxygens (including phenoxy) is 2. The molecule has 3 rings (SSSR count). The maximum atomic E-state index is 12.8. The third-order valence-corrected chi connectivity index (χ3v) is 5.50. The summed E-state index contributed by atoms with van der Waals surface area (Å²) in [5.74, 6) is 1.27. The molecular weight excluding hydrogens is 366 g/mol. The Kier molecular flexibility index (Phi) is 6.86. The lowest BCUT2D eigenvalue weighted by Gasteiger charge is -2.38. The van der Waals surface area contributed by atoms with Crippen LogP contribution in [0.4, 0.5) is 16.2 Å². The molecule has 0 aliphatic carbocycles. The Morgan fingerprint density at radius 2 is 1.62 bits per heavy atom. The van der Waals surface area contributed by atoms with Gasteiger partial charge in [0, 0.05) is 37.9 Å². The number of nitrogens with one attached hydrogen (secondary N) is 1. The van der Waals surface area contributed by atoms with E-state index in [4.69, 9.17) is 9.47 Å². The van der Waals surface area contributed by atoms with Crippen LogP contribution in [0.1, 0.15) is 25.0 Å². The van der Waals surface area contributed by atoms with E-state index >= 15 is 0 Å². The number of hydrogen-bond acceptors (Lipinski definition) is 4. The Morgan fingerprint density at radius 3 is 2.17 bits per heavy atom. The lowest BCUT2D eigenvalue weighted by molar-refractivity contribution is 0.208. The van der Waals surface area contributed by atoms with Gasteiger partial charge in [0.25, 0.3) is 0 Å². The van der Waals surface area contributed by atoms with Crippen LogP contribution in [0.25, 0.3) is 0 Å². The molecule has 6 heteroatoms. The number of urea groups is 1. The van der Waals surface area contributed by atoms with Crippen molar-refractivity contribution >= 4 is 17.4 Å². The van der Waals surface area contributed by atoms with Crippen LogP contribution in [0.15, 0.2) is 36.4 Å². The van der Waals surface area contributed by atoms with Crippen molar-refractivity contribution in [1.29, 1.82) is 0 Å². The molecule has 0 radical (unpaired) electrons. The van der Waals surface area contributed by atoms with Crippen LogP contribution >= 0.6 is 0 Å². The molecule has 1 heterocycles. The zero-order valence-electron chi connectivity index (χ0n) is 17.8. The number of piperazine rings is 1. The van der Waals surface area contributed by atoms with Gasteiger partial charge in [-0.05, 0) is 36.1 Å². The van der Waals surface area contributed by atoms with Crippen LogP contribution < -0.4 is 19.7 Å². The Hall–Kier alpha value is -2.89. The highest BCUT2D eigenvalue weighted by atomic mass is 16.5. The second-order valence-electron chi connectivity index (χ2n) is 7.10. The largest absolute Gasteiger partial charge is 0.497 e. The Balaban J connectivity index is 1.66. The number of rotatable bonds is 6. The molecule has 1 N–H and O–H groups in total. The fourth-order valence-electron chi connectivity index (χ4n) is 3.85. The molecule has 6 nitrogen and oxygen atoms in total. The Bertz CT molecular complexity index is 823. The lowest BCUT2D eigenvalue weighted by atomic mass is 10.0. The molecule has 156 valence electrons. The number of carbonyl (C=O) groups excluding carboxylic acids is 1. The van der Waals surface area contributed by atoms with Gasteiger partial charge in [-0.1, -0.05) is 32.0 Å². The molecule has 0 bridgehead atoms. The Labute approximate surface area is 173 Å². The van der Waals surface area contributed by atoms with Crippen molar-refractivity contribution < 1.29 is 14.3 Å². The van der Waals surface area contributed by atoms with Crippen molar-refractivity contribution in [2.24, 2.45) is 0 Å². The van der Waals surface area contributed by atoms with Gasteiger partial charge in [0.15, 0.2) is 0 Å². The van der Waals surface area contributed by atoms with Crippen molar-refractivity contribution in [2.45, 2.75) is 26.7 Å². The topological polar surface area (TPSA) is 54.0 Å². The lowest BCUT2D eigenvalue weighted by Crippen LogP contribution is -2.50. The molecule has 0 atom stereocenters. The van der Waals surface area contributed by atoms with Gasteiger partial charge in [-0.15, -0.1) is 0 Å². The van der Waals surface area contributed by atoms with Crippen LogP contribution in [0.5, 0.6) is 11.5 Å². The maximum absolute atomic E-state index is 12.8. The van der Waals surface area contributed by atoms with Gasteiger partial charge >= 0.3 is 6.03 Å². The molecule has 0 unspecified atom stereocenters. The van der Waals surface area contributed by atoms with Crippen molar-refractivity contribution in [2.75, 3.05) is 50.6 Å². The van der Waals surface area contributed by atoms with E-state index in [1.54, 1.807) is 26.4 Å². The fraction of sp³-hybridized carbons (Fsp3) is 0.435. The predicted molar refractivity (Wildman–Crippen MR) is 118 cm³/mol. The van der Waals surface area contributed by atoms with Crippen molar-refractivity contribution in [3.05, 3.63) is 47.5 Å². The van der Waals surface area contributed by atoms with Gasteiger partial charge in [-0.25, -0.2) is 4.79 Å². The number of hydrogen-bond donors (Lipinski definition) is 1. The first-order valence-electron chi connectivity index (χ1n) is 10.2. The highest BCUT2D eigenvalue weighted by Crippen LogP contribution is 2.30. The van der Waals surface area contributed by atoms with E-state index in [0.29, 0.717) is 30.3 Å². The molecule has 1 fully saturated rings. The molecule has 1 saturated heterocycles. The summed E-state index contributed by atoms with van der Waals surface area (Å²) in [7, 11) is 3.19. The summed E-state index contributed by atoms with van der Waals surface area (Å²) in [6.07, 6.45) is 2.03. The molecule has 1 aliphatic rings. The normalized spacial score (nSPS) is 13.9. The fourth-order valence-corrected chi connectivity index (χ4v) is 3.85. The first-order chi connectivity index (χ1) is 14.1. The minimum absolute atomic E-state index is 0.104. The quantitative estimate of drug-likeness (QED) is 0.794. The average molecular weight is 398 g/mol. The summed E-state index contributed by atoms with van der Waals surface area (Å²) in [5, 5.41) is 2.97. The molecule has 2 aromatic carbocycles. The third-order valence-electron chi connectivity index (χ3n) is 5.50. The van der Waals surface area contributed by atoms with E-state index in [1.807, 2.05) is 11.0 Å². The molecule has 2 amide bonds. The molecule has 0 aromatic heterocycles. The van der Waals surface area contributed by atoms with Crippen molar-refractivity contribution in [3.8, 4) is 11.5 Å². The van der Waals surface area contributed by atoms with Crippen LogP contribution in [0, 0.1) is 0 Å². The molecule has 1 aliphatic heterocycles. The summed E-state index contributed by atoms with van der Waals surface area (Å²) in [6, 6.07) is 11.8. The molecule has 29 heavy (non-hydrogen) atoms. The number of carbonyl (C=O) groups is 1. The van der Waals surface area contributed by atoms with Crippen LogP contribution in [0.3, 0.4) is 0 Å². The monoisotopic (exact) mass is 397 g/mol. The summed E-state index contributed by atoms with van der Waals surface area (Å²) in [5.41, 5.74) is 4.76. The van der Waals surface area contributed by atoms with E-state index in [0.717, 1.165) is 25.9 Å². The summed E-state index contributed by atoms with van der Waals surface area (Å²) in [6.45, 7) is 7.43. The van der Waals surface area contributed by atoms with Gasteiger partial charge < -0.3 is 24.6 Å². The van der Waals surface area contributed by atoms with Crippen molar-refractivity contribution in [1.82, 2.24) is 4.90 Å². The first-order valence-corrected chi connectivity index (χ1v) is 10.2. The highest BCUT2D eigenvalue weighted by molar-refractivity contribution is 5.91. The highest BCUT2D eigenvalue weighted by Gasteiger charge is 2.24. The smallest absolute Gasteiger partial charge is 0.322 e.